The number of aromatic nitrogens is 2. The zero-order chi connectivity index (χ0) is 21.5. The van der Waals surface area contributed by atoms with Crippen molar-refractivity contribution in [2.45, 2.75) is 25.3 Å². The number of halogens is 1. The van der Waals surface area contributed by atoms with Crippen LogP contribution in [-0.2, 0) is 6.54 Å². The van der Waals surface area contributed by atoms with Gasteiger partial charge in [0.1, 0.15) is 12.5 Å². The predicted octanol–water partition coefficient (Wildman–Crippen LogP) is 5.28. The summed E-state index contributed by atoms with van der Waals surface area (Å²) >= 11 is 0. The minimum absolute atomic E-state index is 0.218. The van der Waals surface area contributed by atoms with Crippen LogP contribution < -0.4 is 5.32 Å². The second-order valence-corrected chi connectivity index (χ2v) is 8.79. The number of benzene rings is 2. The standard InChI is InChI=1S/C26H26FN5/c27-21-3-5-22(6-4-21)32-16-23(26-25(32)14-28-17-30-26)19-8-11-31(12-9-19)15-18-1-2-20-7-10-29-24(20)13-18/h1-7,10,13-14,16,19,29-30H,8-9,11-12,15,17H2. The number of nitrogens with zero attached hydrogens (tertiary/aromatic N) is 3. The molecule has 2 aromatic carbocycles. The number of piperidine rings is 1. The molecule has 5 nitrogen and oxygen atoms in total. The molecule has 162 valence electrons. The fourth-order valence-corrected chi connectivity index (χ4v) is 5.10. The average Bonchev–Trinajstić information content (AvgIpc) is 3.45. The topological polar surface area (TPSA) is 48.4 Å². The van der Waals surface area contributed by atoms with E-state index in [4.69, 9.17) is 0 Å². The molecule has 6 heteroatoms. The fraction of sp³-hybridized carbons (Fsp3) is 0.269. The number of aliphatic imine (C=N–C) groups is 1. The quantitative estimate of drug-likeness (QED) is 0.466. The van der Waals surface area contributed by atoms with Gasteiger partial charge in [0.05, 0.1) is 11.4 Å². The van der Waals surface area contributed by atoms with Gasteiger partial charge in [-0.1, -0.05) is 12.1 Å². The van der Waals surface area contributed by atoms with Crippen molar-refractivity contribution in [2.75, 3.05) is 25.1 Å². The van der Waals surface area contributed by atoms with E-state index in [-0.39, 0.29) is 5.82 Å². The number of anilines is 1. The summed E-state index contributed by atoms with van der Waals surface area (Å²) in [5, 5.41) is 4.75. The van der Waals surface area contributed by atoms with Crippen LogP contribution in [0, 0.1) is 5.82 Å². The SMILES string of the molecule is Fc1ccc(-n2cc(C3CCN(Cc4ccc5cc[nH]c5c4)CC3)c3c2C=NCN3)cc1. The Hall–Kier alpha value is -3.38. The van der Waals surface area contributed by atoms with E-state index >= 15 is 0 Å². The molecule has 0 bridgehead atoms. The molecule has 4 heterocycles. The van der Waals surface area contributed by atoms with E-state index in [0.717, 1.165) is 43.9 Å². The lowest BCUT2D eigenvalue weighted by Crippen LogP contribution is -2.32. The van der Waals surface area contributed by atoms with E-state index in [1.165, 1.54) is 39.8 Å². The number of fused-ring (bicyclic) bond motifs is 2. The molecule has 0 amide bonds. The van der Waals surface area contributed by atoms with Crippen molar-refractivity contribution in [2.24, 2.45) is 4.99 Å². The Kier molecular flexibility index (Phi) is 4.80. The highest BCUT2D eigenvalue weighted by molar-refractivity contribution is 5.90. The summed E-state index contributed by atoms with van der Waals surface area (Å²) in [5.41, 5.74) is 7.11. The maximum Gasteiger partial charge on any atom is 0.123 e. The van der Waals surface area contributed by atoms with Crippen LogP contribution in [0.1, 0.15) is 35.6 Å². The van der Waals surface area contributed by atoms with Gasteiger partial charge in [-0.3, -0.25) is 9.89 Å². The Bertz CT molecular complexity index is 1280. The molecular weight excluding hydrogens is 401 g/mol. The largest absolute Gasteiger partial charge is 0.364 e. The highest BCUT2D eigenvalue weighted by Crippen LogP contribution is 2.38. The minimum Gasteiger partial charge on any atom is -0.364 e. The molecule has 1 saturated heterocycles. The normalized spacial score (nSPS) is 16.9. The van der Waals surface area contributed by atoms with Crippen molar-refractivity contribution in [1.82, 2.24) is 14.5 Å². The molecule has 2 aromatic heterocycles. The second kappa shape index (κ2) is 7.95. The zero-order valence-corrected chi connectivity index (χ0v) is 17.9. The second-order valence-electron chi connectivity index (χ2n) is 8.79. The summed E-state index contributed by atoms with van der Waals surface area (Å²) in [7, 11) is 0. The van der Waals surface area contributed by atoms with Gasteiger partial charge < -0.3 is 14.9 Å². The van der Waals surface area contributed by atoms with Gasteiger partial charge in [0.25, 0.3) is 0 Å². The third-order valence-corrected chi connectivity index (χ3v) is 6.79. The van der Waals surface area contributed by atoms with Crippen molar-refractivity contribution < 1.29 is 4.39 Å². The first-order chi connectivity index (χ1) is 15.7. The molecule has 2 aliphatic heterocycles. The molecule has 2 aliphatic rings. The number of hydrogen-bond acceptors (Lipinski definition) is 3. The monoisotopic (exact) mass is 427 g/mol. The highest BCUT2D eigenvalue weighted by atomic mass is 19.1. The van der Waals surface area contributed by atoms with Gasteiger partial charge in [0.15, 0.2) is 0 Å². The van der Waals surface area contributed by atoms with E-state index in [2.05, 4.69) is 55.2 Å². The van der Waals surface area contributed by atoms with Gasteiger partial charge in [-0.15, -0.1) is 0 Å². The lowest BCUT2D eigenvalue weighted by Gasteiger charge is -2.32. The van der Waals surface area contributed by atoms with Crippen molar-refractivity contribution in [1.29, 1.82) is 0 Å². The third-order valence-electron chi connectivity index (χ3n) is 6.79. The lowest BCUT2D eigenvalue weighted by atomic mass is 9.89. The molecule has 0 radical (unpaired) electrons. The Morgan fingerprint density at radius 2 is 1.88 bits per heavy atom. The molecule has 0 aliphatic carbocycles. The average molecular weight is 428 g/mol. The van der Waals surface area contributed by atoms with Crippen LogP contribution >= 0.6 is 0 Å². The van der Waals surface area contributed by atoms with Gasteiger partial charge in [0.2, 0.25) is 0 Å². The van der Waals surface area contributed by atoms with Crippen molar-refractivity contribution >= 4 is 22.8 Å². The fourth-order valence-electron chi connectivity index (χ4n) is 5.10. The van der Waals surface area contributed by atoms with Crippen LogP contribution in [0.15, 0.2) is 65.9 Å². The number of nitrogens with one attached hydrogen (secondary N) is 2. The highest BCUT2D eigenvalue weighted by Gasteiger charge is 2.27. The molecule has 1 fully saturated rings. The first-order valence-corrected chi connectivity index (χ1v) is 11.3. The molecule has 0 spiro atoms. The molecule has 0 unspecified atom stereocenters. The summed E-state index contributed by atoms with van der Waals surface area (Å²) in [5.74, 6) is 0.288. The van der Waals surface area contributed by atoms with E-state index in [9.17, 15) is 4.39 Å². The predicted molar refractivity (Wildman–Crippen MR) is 127 cm³/mol. The summed E-state index contributed by atoms with van der Waals surface area (Å²) in [6.07, 6.45) is 8.41. The summed E-state index contributed by atoms with van der Waals surface area (Å²) in [4.78, 5) is 10.3. The van der Waals surface area contributed by atoms with E-state index in [1.807, 2.05) is 24.5 Å². The smallest absolute Gasteiger partial charge is 0.123 e. The molecule has 0 atom stereocenters. The van der Waals surface area contributed by atoms with Gasteiger partial charge in [-0.2, -0.15) is 0 Å². The molecule has 32 heavy (non-hydrogen) atoms. The Morgan fingerprint density at radius 3 is 2.72 bits per heavy atom. The molecule has 2 N–H and O–H groups in total. The summed E-state index contributed by atoms with van der Waals surface area (Å²) in [6, 6.07) is 15.5. The molecule has 6 rings (SSSR count). The van der Waals surface area contributed by atoms with Crippen LogP contribution in [0.3, 0.4) is 0 Å². The first-order valence-electron chi connectivity index (χ1n) is 11.3. The van der Waals surface area contributed by atoms with Crippen LogP contribution in [0.2, 0.25) is 0 Å². The van der Waals surface area contributed by atoms with Crippen LogP contribution in [0.5, 0.6) is 0 Å². The van der Waals surface area contributed by atoms with Crippen LogP contribution in [0.4, 0.5) is 10.1 Å². The Morgan fingerprint density at radius 1 is 1.03 bits per heavy atom. The Balaban J connectivity index is 1.20. The van der Waals surface area contributed by atoms with Crippen molar-refractivity contribution in [3.63, 3.8) is 0 Å². The maximum absolute atomic E-state index is 13.4. The number of hydrogen-bond donors (Lipinski definition) is 2. The zero-order valence-electron chi connectivity index (χ0n) is 17.9. The summed E-state index contributed by atoms with van der Waals surface area (Å²) in [6.45, 7) is 3.75. The molecule has 4 aromatic rings. The van der Waals surface area contributed by atoms with Crippen molar-refractivity contribution in [3.8, 4) is 5.69 Å². The number of rotatable bonds is 4. The molecule has 0 saturated carbocycles. The minimum atomic E-state index is -0.218. The Labute approximate surface area is 186 Å². The van der Waals surface area contributed by atoms with Gasteiger partial charge in [-0.25, -0.2) is 4.39 Å². The van der Waals surface area contributed by atoms with E-state index in [1.54, 1.807) is 0 Å². The van der Waals surface area contributed by atoms with E-state index < -0.39 is 0 Å². The van der Waals surface area contributed by atoms with Gasteiger partial charge in [-0.05, 0) is 84.8 Å². The number of likely N-dealkylation sites (tertiary alicyclic amines) is 1. The van der Waals surface area contributed by atoms with Crippen molar-refractivity contribution in [3.05, 3.63) is 83.6 Å². The summed E-state index contributed by atoms with van der Waals surface area (Å²) < 4.78 is 15.6. The van der Waals surface area contributed by atoms with Gasteiger partial charge in [0, 0.05) is 36.4 Å². The third kappa shape index (κ3) is 3.50. The van der Waals surface area contributed by atoms with Crippen LogP contribution in [0.25, 0.3) is 16.6 Å². The van der Waals surface area contributed by atoms with E-state index in [0.29, 0.717) is 12.6 Å². The maximum atomic E-state index is 13.4. The van der Waals surface area contributed by atoms with Crippen LogP contribution in [-0.4, -0.2) is 40.4 Å². The van der Waals surface area contributed by atoms with Gasteiger partial charge >= 0.3 is 0 Å². The number of aromatic amines is 1. The number of H-pyrrole nitrogens is 1. The first kappa shape index (κ1) is 19.3. The molecular formula is C26H26FN5. The lowest BCUT2D eigenvalue weighted by molar-refractivity contribution is 0.205.